The molecule has 0 atom stereocenters. The molecule has 0 unspecified atom stereocenters. The predicted molar refractivity (Wildman–Crippen MR) is 64.8 cm³/mol. The molecule has 0 aromatic heterocycles. The van der Waals surface area contributed by atoms with E-state index in [2.05, 4.69) is 11.9 Å². The monoisotopic (exact) mass is 253 g/mol. The fourth-order valence-corrected chi connectivity index (χ4v) is 1.59. The molecule has 1 N–H and O–H groups in total. The maximum absolute atomic E-state index is 11.9. The average Bonchev–Trinajstić information content (AvgIpc) is 2.35. The molecule has 17 heavy (non-hydrogen) atoms. The fourth-order valence-electron chi connectivity index (χ4n) is 1.52. The van der Waals surface area contributed by atoms with Gasteiger partial charge in [-0.05, 0) is 12.1 Å². The van der Waals surface area contributed by atoms with E-state index in [-0.39, 0.29) is 12.5 Å². The maximum atomic E-state index is 11.9. The van der Waals surface area contributed by atoms with Crippen molar-refractivity contribution >= 4 is 17.5 Å². The molecule has 1 heterocycles. The predicted octanol–water partition coefficient (Wildman–Crippen LogP) is 1.94. The van der Waals surface area contributed by atoms with Crippen LogP contribution in [-0.2, 0) is 0 Å². The highest BCUT2D eigenvalue weighted by molar-refractivity contribution is 6.29. The Bertz CT molecular complexity index is 459. The van der Waals surface area contributed by atoms with E-state index in [0.29, 0.717) is 35.3 Å². The van der Waals surface area contributed by atoms with Crippen molar-refractivity contribution < 1.29 is 14.3 Å². The Hall–Kier alpha value is -1.68. The number of hydrogen-bond donors (Lipinski definition) is 1. The normalized spacial score (nSPS) is 13.0. The van der Waals surface area contributed by atoms with Crippen molar-refractivity contribution in [1.82, 2.24) is 5.32 Å². The minimum absolute atomic E-state index is 0.227. The van der Waals surface area contributed by atoms with Crippen molar-refractivity contribution in [2.75, 3.05) is 19.8 Å². The van der Waals surface area contributed by atoms with Crippen molar-refractivity contribution in [2.45, 2.75) is 0 Å². The molecular formula is C12H12ClNO3. The molecule has 90 valence electrons. The van der Waals surface area contributed by atoms with Gasteiger partial charge in [-0.1, -0.05) is 24.2 Å². The van der Waals surface area contributed by atoms with E-state index >= 15 is 0 Å². The number of amides is 1. The van der Waals surface area contributed by atoms with Gasteiger partial charge in [-0.15, -0.1) is 0 Å². The summed E-state index contributed by atoms with van der Waals surface area (Å²) in [4.78, 5) is 11.9. The minimum Gasteiger partial charge on any atom is -0.486 e. The van der Waals surface area contributed by atoms with Crippen molar-refractivity contribution in [3.8, 4) is 11.5 Å². The smallest absolute Gasteiger partial charge is 0.255 e. The zero-order chi connectivity index (χ0) is 12.3. The maximum Gasteiger partial charge on any atom is 0.255 e. The number of rotatable bonds is 3. The van der Waals surface area contributed by atoms with Crippen molar-refractivity contribution in [2.24, 2.45) is 0 Å². The molecule has 1 amide bonds. The molecule has 2 rings (SSSR count). The van der Waals surface area contributed by atoms with Gasteiger partial charge in [-0.2, -0.15) is 0 Å². The number of carbonyl (C=O) groups excluding carboxylic acids is 1. The summed E-state index contributed by atoms with van der Waals surface area (Å²) in [5.74, 6) is 0.819. The first-order chi connectivity index (χ1) is 8.18. The lowest BCUT2D eigenvalue weighted by molar-refractivity contribution is 0.0946. The number of benzene rings is 1. The summed E-state index contributed by atoms with van der Waals surface area (Å²) in [7, 11) is 0. The van der Waals surface area contributed by atoms with Crippen molar-refractivity contribution in [1.29, 1.82) is 0 Å². The Balaban J connectivity index is 2.20. The van der Waals surface area contributed by atoms with Crippen LogP contribution in [0.3, 0.4) is 0 Å². The van der Waals surface area contributed by atoms with Gasteiger partial charge in [0, 0.05) is 5.03 Å². The second-order valence-electron chi connectivity index (χ2n) is 3.53. The molecule has 4 nitrogen and oxygen atoms in total. The van der Waals surface area contributed by atoms with Crippen LogP contribution in [0.2, 0.25) is 0 Å². The Morgan fingerprint density at radius 2 is 2.18 bits per heavy atom. The summed E-state index contributed by atoms with van der Waals surface area (Å²) >= 11 is 5.59. The minimum atomic E-state index is -0.255. The molecular weight excluding hydrogens is 242 g/mol. The molecule has 0 aliphatic carbocycles. The lowest BCUT2D eigenvalue weighted by Gasteiger charge is -2.20. The Kier molecular flexibility index (Phi) is 3.54. The Morgan fingerprint density at radius 3 is 2.94 bits per heavy atom. The van der Waals surface area contributed by atoms with Crippen LogP contribution in [0.4, 0.5) is 0 Å². The molecule has 0 radical (unpaired) electrons. The van der Waals surface area contributed by atoms with Crippen molar-refractivity contribution in [3.63, 3.8) is 0 Å². The number of ether oxygens (including phenoxy) is 2. The van der Waals surface area contributed by atoms with Crippen molar-refractivity contribution in [3.05, 3.63) is 35.4 Å². The number of carbonyl (C=O) groups is 1. The Morgan fingerprint density at radius 1 is 1.41 bits per heavy atom. The summed E-state index contributed by atoms with van der Waals surface area (Å²) in [6.45, 7) is 4.67. The van der Waals surface area contributed by atoms with Gasteiger partial charge in [-0.3, -0.25) is 4.79 Å². The van der Waals surface area contributed by atoms with E-state index in [4.69, 9.17) is 21.1 Å². The fraction of sp³-hybridized carbons (Fsp3) is 0.250. The Labute approximate surface area is 104 Å². The van der Waals surface area contributed by atoms with Crippen LogP contribution in [0.5, 0.6) is 11.5 Å². The number of para-hydroxylation sites is 1. The zero-order valence-electron chi connectivity index (χ0n) is 9.16. The van der Waals surface area contributed by atoms with Gasteiger partial charge in [0.1, 0.15) is 13.2 Å². The zero-order valence-corrected chi connectivity index (χ0v) is 9.92. The van der Waals surface area contributed by atoms with Crippen LogP contribution in [0.1, 0.15) is 10.4 Å². The topological polar surface area (TPSA) is 47.6 Å². The molecule has 0 spiro atoms. The highest BCUT2D eigenvalue weighted by Crippen LogP contribution is 2.33. The molecule has 5 heteroatoms. The average molecular weight is 254 g/mol. The summed E-state index contributed by atoms with van der Waals surface area (Å²) in [6.07, 6.45) is 0. The van der Waals surface area contributed by atoms with Gasteiger partial charge < -0.3 is 14.8 Å². The SMILES string of the molecule is C=C(Cl)CNC(=O)c1cccc2c1OCCO2. The van der Waals surface area contributed by atoms with Gasteiger partial charge in [0.25, 0.3) is 5.91 Å². The largest absolute Gasteiger partial charge is 0.486 e. The van der Waals surface area contributed by atoms with Gasteiger partial charge in [-0.25, -0.2) is 0 Å². The highest BCUT2D eigenvalue weighted by atomic mass is 35.5. The molecule has 0 saturated carbocycles. The summed E-state index contributed by atoms with van der Waals surface area (Å²) in [6, 6.07) is 5.20. The van der Waals surface area contributed by atoms with E-state index in [9.17, 15) is 4.79 Å². The third-order valence-corrected chi connectivity index (χ3v) is 2.39. The molecule has 0 bridgehead atoms. The van der Waals surface area contributed by atoms with Gasteiger partial charge >= 0.3 is 0 Å². The molecule has 1 aromatic carbocycles. The standard InChI is InChI=1S/C12H12ClNO3/c1-8(13)7-14-12(15)9-3-2-4-10-11(9)17-6-5-16-10/h2-4H,1,5-7H2,(H,14,15). The summed E-state index contributed by atoms with van der Waals surface area (Å²) in [5, 5.41) is 3.02. The second-order valence-corrected chi connectivity index (χ2v) is 4.06. The van der Waals surface area contributed by atoms with E-state index < -0.39 is 0 Å². The van der Waals surface area contributed by atoms with Gasteiger partial charge in [0.2, 0.25) is 0 Å². The number of fused-ring (bicyclic) bond motifs is 1. The van der Waals surface area contributed by atoms with Crippen LogP contribution in [0.25, 0.3) is 0 Å². The van der Waals surface area contributed by atoms with Gasteiger partial charge in [0.15, 0.2) is 11.5 Å². The summed E-state index contributed by atoms with van der Waals surface area (Å²) in [5.41, 5.74) is 0.445. The first-order valence-electron chi connectivity index (χ1n) is 5.18. The molecule has 1 aliphatic heterocycles. The van der Waals surface area contributed by atoms with Crippen LogP contribution < -0.4 is 14.8 Å². The first kappa shape index (κ1) is 11.8. The molecule has 0 saturated heterocycles. The second kappa shape index (κ2) is 5.10. The lowest BCUT2D eigenvalue weighted by atomic mass is 10.1. The van der Waals surface area contributed by atoms with Crippen LogP contribution in [-0.4, -0.2) is 25.7 Å². The van der Waals surface area contributed by atoms with E-state index in [0.717, 1.165) is 0 Å². The van der Waals surface area contributed by atoms with Crippen LogP contribution in [0.15, 0.2) is 29.8 Å². The third-order valence-electron chi connectivity index (χ3n) is 2.25. The third kappa shape index (κ3) is 2.71. The van der Waals surface area contributed by atoms with Crippen LogP contribution in [0, 0.1) is 0 Å². The van der Waals surface area contributed by atoms with Crippen LogP contribution >= 0.6 is 11.6 Å². The van der Waals surface area contributed by atoms with E-state index in [1.165, 1.54) is 0 Å². The molecule has 1 aliphatic rings. The number of halogens is 1. The quantitative estimate of drug-likeness (QED) is 0.896. The van der Waals surface area contributed by atoms with E-state index in [1.54, 1.807) is 18.2 Å². The first-order valence-corrected chi connectivity index (χ1v) is 5.56. The number of nitrogens with one attached hydrogen (secondary N) is 1. The highest BCUT2D eigenvalue weighted by Gasteiger charge is 2.19. The van der Waals surface area contributed by atoms with E-state index in [1.807, 2.05) is 0 Å². The number of hydrogen-bond acceptors (Lipinski definition) is 3. The summed E-state index contributed by atoms with van der Waals surface area (Å²) < 4.78 is 10.8. The van der Waals surface area contributed by atoms with Gasteiger partial charge in [0.05, 0.1) is 12.1 Å². The molecule has 1 aromatic rings. The molecule has 0 fully saturated rings. The lowest BCUT2D eigenvalue weighted by Crippen LogP contribution is -2.26.